The maximum absolute atomic E-state index is 10.7. The van der Waals surface area contributed by atoms with E-state index in [1.54, 1.807) is 0 Å². The van der Waals surface area contributed by atoms with Crippen LogP contribution < -0.4 is 0 Å². The van der Waals surface area contributed by atoms with Gasteiger partial charge in [-0.05, 0) is 13.0 Å². The zero-order valence-corrected chi connectivity index (χ0v) is 13.5. The minimum Gasteiger partial charge on any atom is -0.472 e. The molecule has 25 heavy (non-hydrogen) atoms. The smallest absolute Gasteiger partial charge is 0.210 e. The minimum absolute atomic E-state index is 0.129. The molecule has 7 N–H and O–H groups in total. The Morgan fingerprint density at radius 1 is 1.08 bits per heavy atom. The topological polar surface area (TPSA) is 169 Å². The minimum atomic E-state index is -1.81. The van der Waals surface area contributed by atoms with E-state index in [1.165, 1.54) is 13.0 Å². The van der Waals surface area contributed by atoms with Crippen molar-refractivity contribution < 1.29 is 50.0 Å². The number of hydrogen-bond acceptors (Lipinski definition) is 10. The van der Waals surface area contributed by atoms with Gasteiger partial charge >= 0.3 is 0 Å². The number of aliphatic hydroxyl groups is 7. The van der Waals surface area contributed by atoms with Gasteiger partial charge in [0.2, 0.25) is 6.29 Å². The molecule has 0 aromatic carbocycles. The number of ether oxygens (including phenoxy) is 3. The van der Waals surface area contributed by atoms with Crippen LogP contribution in [0.15, 0.2) is 12.3 Å². The van der Waals surface area contributed by atoms with Crippen LogP contribution in [0.4, 0.5) is 0 Å². The lowest BCUT2D eigenvalue weighted by molar-refractivity contribution is -0.351. The van der Waals surface area contributed by atoms with Gasteiger partial charge in [-0.25, -0.2) is 0 Å². The Morgan fingerprint density at radius 2 is 1.76 bits per heavy atom. The Morgan fingerprint density at radius 3 is 2.40 bits per heavy atom. The summed E-state index contributed by atoms with van der Waals surface area (Å²) in [6.45, 7) is 0.783. The zero-order chi connectivity index (χ0) is 18.6. The standard InChI is InChI=1S/C15H24O10/c1-14(21)4-7(17)15(22)2-3-23-13(11(14)15)25-12-10(20)9(19)8(18)6(5-16)24-12/h2-3,6-13,16-22H,4-5H2,1H3/t6-,7-,8-,9+,10-,11?,12-,13+,14+,15-/m1/s1. The summed E-state index contributed by atoms with van der Waals surface area (Å²) in [6.07, 6.45) is -7.87. The van der Waals surface area contributed by atoms with E-state index < -0.39 is 66.8 Å². The number of aliphatic hydroxyl groups excluding tert-OH is 5. The van der Waals surface area contributed by atoms with Crippen molar-refractivity contribution >= 4 is 0 Å². The van der Waals surface area contributed by atoms with Gasteiger partial charge in [-0.2, -0.15) is 0 Å². The zero-order valence-electron chi connectivity index (χ0n) is 13.5. The average Bonchev–Trinajstić information content (AvgIpc) is 2.73. The number of fused-ring (bicyclic) bond motifs is 1. The highest BCUT2D eigenvalue weighted by Crippen LogP contribution is 2.49. The molecule has 1 unspecified atom stereocenters. The highest BCUT2D eigenvalue weighted by atomic mass is 16.8. The van der Waals surface area contributed by atoms with Gasteiger partial charge in [0, 0.05) is 6.42 Å². The first-order valence-corrected chi connectivity index (χ1v) is 8.04. The van der Waals surface area contributed by atoms with Crippen molar-refractivity contribution in [2.75, 3.05) is 6.61 Å². The molecule has 0 spiro atoms. The molecule has 0 amide bonds. The lowest BCUT2D eigenvalue weighted by Crippen LogP contribution is -2.61. The maximum Gasteiger partial charge on any atom is 0.210 e. The van der Waals surface area contributed by atoms with Gasteiger partial charge in [0.25, 0.3) is 0 Å². The van der Waals surface area contributed by atoms with Gasteiger partial charge in [-0.3, -0.25) is 0 Å². The van der Waals surface area contributed by atoms with Crippen LogP contribution in [-0.4, -0.2) is 96.7 Å². The average molecular weight is 364 g/mol. The quantitative estimate of drug-likeness (QED) is 0.267. The summed E-state index contributed by atoms with van der Waals surface area (Å²) in [5.74, 6) is -1.10. The third-order valence-electron chi connectivity index (χ3n) is 5.25. The normalized spacial score (nSPS) is 55.7. The lowest BCUT2D eigenvalue weighted by atomic mass is 9.81. The molecule has 10 nitrogen and oxygen atoms in total. The molecule has 10 heteroatoms. The first-order chi connectivity index (χ1) is 11.6. The van der Waals surface area contributed by atoms with Gasteiger partial charge in [-0.1, -0.05) is 0 Å². The third kappa shape index (κ3) is 2.97. The monoisotopic (exact) mass is 364 g/mol. The SMILES string of the molecule is C[C@]1(O)C[C@@H](O)[C@]2(O)C=CO[C@@H](O[C@H]3O[C@H](CO)[C@@H](O)[C@H](O)[C@H]3O)C12. The van der Waals surface area contributed by atoms with Crippen LogP contribution in [0.2, 0.25) is 0 Å². The number of rotatable bonds is 3. The first kappa shape index (κ1) is 19.0. The number of hydrogen-bond donors (Lipinski definition) is 7. The van der Waals surface area contributed by atoms with Gasteiger partial charge in [0.05, 0.1) is 30.5 Å². The fourth-order valence-corrected chi connectivity index (χ4v) is 3.84. The molecule has 3 aliphatic rings. The fourth-order valence-electron chi connectivity index (χ4n) is 3.84. The molecule has 0 bridgehead atoms. The molecule has 2 aliphatic heterocycles. The summed E-state index contributed by atoms with van der Waals surface area (Å²) in [6, 6.07) is 0. The van der Waals surface area contributed by atoms with E-state index in [1.807, 2.05) is 0 Å². The second kappa shape index (κ2) is 6.41. The van der Waals surface area contributed by atoms with E-state index in [-0.39, 0.29) is 6.42 Å². The molecule has 144 valence electrons. The van der Waals surface area contributed by atoms with E-state index in [4.69, 9.17) is 14.2 Å². The molecular weight excluding hydrogens is 340 g/mol. The van der Waals surface area contributed by atoms with Crippen molar-refractivity contribution in [3.8, 4) is 0 Å². The van der Waals surface area contributed by atoms with Crippen LogP contribution in [0, 0.1) is 5.92 Å². The predicted octanol–water partition coefficient (Wildman–Crippen LogP) is -3.46. The van der Waals surface area contributed by atoms with Crippen molar-refractivity contribution in [1.82, 2.24) is 0 Å². The van der Waals surface area contributed by atoms with Crippen molar-refractivity contribution in [2.45, 2.75) is 67.6 Å². The molecule has 1 saturated heterocycles. The van der Waals surface area contributed by atoms with E-state index in [0.717, 1.165) is 6.26 Å². The molecule has 0 aromatic heterocycles. The van der Waals surface area contributed by atoms with Crippen molar-refractivity contribution in [3.05, 3.63) is 12.3 Å². The Bertz CT molecular complexity index is 522. The van der Waals surface area contributed by atoms with Gasteiger partial charge < -0.3 is 50.0 Å². The highest BCUT2D eigenvalue weighted by molar-refractivity contribution is 5.21. The Kier molecular flexibility index (Phi) is 4.86. The van der Waals surface area contributed by atoms with Crippen molar-refractivity contribution in [1.29, 1.82) is 0 Å². The Labute approximate surface area is 143 Å². The fraction of sp³-hybridized carbons (Fsp3) is 0.867. The molecule has 10 atom stereocenters. The molecular formula is C15H24O10. The summed E-state index contributed by atoms with van der Waals surface area (Å²) < 4.78 is 16.0. The van der Waals surface area contributed by atoms with Crippen LogP contribution >= 0.6 is 0 Å². The van der Waals surface area contributed by atoms with Crippen LogP contribution in [0.1, 0.15) is 13.3 Å². The van der Waals surface area contributed by atoms with Crippen molar-refractivity contribution in [3.63, 3.8) is 0 Å². The van der Waals surface area contributed by atoms with Crippen LogP contribution in [0.3, 0.4) is 0 Å². The lowest BCUT2D eigenvalue weighted by Gasteiger charge is -2.45. The maximum atomic E-state index is 10.7. The van der Waals surface area contributed by atoms with Gasteiger partial charge in [-0.15, -0.1) is 0 Å². The summed E-state index contributed by atoms with van der Waals surface area (Å²) in [7, 11) is 0. The second-order valence-corrected chi connectivity index (χ2v) is 7.08. The van der Waals surface area contributed by atoms with Crippen LogP contribution in [-0.2, 0) is 14.2 Å². The first-order valence-electron chi connectivity index (χ1n) is 8.04. The van der Waals surface area contributed by atoms with Gasteiger partial charge in [0.1, 0.15) is 30.0 Å². The van der Waals surface area contributed by atoms with E-state index in [9.17, 15) is 35.7 Å². The van der Waals surface area contributed by atoms with E-state index in [0.29, 0.717) is 0 Å². The molecule has 0 radical (unpaired) electrons. The van der Waals surface area contributed by atoms with Crippen LogP contribution in [0.5, 0.6) is 0 Å². The molecule has 1 saturated carbocycles. The summed E-state index contributed by atoms with van der Waals surface area (Å²) in [5, 5.41) is 70.2. The predicted molar refractivity (Wildman–Crippen MR) is 78.6 cm³/mol. The van der Waals surface area contributed by atoms with E-state index >= 15 is 0 Å². The largest absolute Gasteiger partial charge is 0.472 e. The van der Waals surface area contributed by atoms with Crippen molar-refractivity contribution in [2.24, 2.45) is 5.92 Å². The Balaban J connectivity index is 1.81. The summed E-state index contributed by atoms with van der Waals surface area (Å²) >= 11 is 0. The molecule has 3 rings (SSSR count). The Hall–Kier alpha value is -0.820. The van der Waals surface area contributed by atoms with Crippen LogP contribution in [0.25, 0.3) is 0 Å². The second-order valence-electron chi connectivity index (χ2n) is 7.08. The molecule has 2 heterocycles. The van der Waals surface area contributed by atoms with Gasteiger partial charge in [0.15, 0.2) is 6.29 Å². The third-order valence-corrected chi connectivity index (χ3v) is 5.25. The van der Waals surface area contributed by atoms with E-state index in [2.05, 4.69) is 0 Å². The summed E-state index contributed by atoms with van der Waals surface area (Å²) in [4.78, 5) is 0. The summed E-state index contributed by atoms with van der Waals surface area (Å²) in [5.41, 5.74) is -3.35. The molecule has 2 fully saturated rings. The highest BCUT2D eigenvalue weighted by Gasteiger charge is 2.64. The molecule has 1 aliphatic carbocycles. The molecule has 0 aromatic rings.